The van der Waals surface area contributed by atoms with E-state index in [0.717, 1.165) is 17.7 Å². The van der Waals surface area contributed by atoms with Gasteiger partial charge in [0.15, 0.2) is 0 Å². The molecule has 0 spiro atoms. The molecule has 3 heterocycles. The summed E-state index contributed by atoms with van der Waals surface area (Å²) in [6.07, 6.45) is 9.61. The third kappa shape index (κ3) is 3.67. The van der Waals surface area contributed by atoms with E-state index in [9.17, 15) is 4.79 Å². The van der Waals surface area contributed by atoms with Gasteiger partial charge in [-0.05, 0) is 23.6 Å². The second-order valence-corrected chi connectivity index (χ2v) is 6.71. The predicted molar refractivity (Wildman–Crippen MR) is 111 cm³/mol. The number of hydrogen-bond acceptors (Lipinski definition) is 4. The Balaban J connectivity index is 1.56. The van der Waals surface area contributed by atoms with Crippen molar-refractivity contribution in [3.05, 3.63) is 76.5 Å². The fourth-order valence-corrected chi connectivity index (χ4v) is 3.23. The first-order valence-corrected chi connectivity index (χ1v) is 9.29. The largest absolute Gasteiger partial charge is 0.493 e. The molecular weight excluding hydrogens is 352 g/mol. The predicted octanol–water partition coefficient (Wildman–Crippen LogP) is 3.16. The number of aliphatic imine (C=N–C) groups is 1. The molecule has 0 saturated heterocycles. The maximum absolute atomic E-state index is 11.9. The second-order valence-electron chi connectivity index (χ2n) is 6.71. The smallest absolute Gasteiger partial charge is 0.254 e. The summed E-state index contributed by atoms with van der Waals surface area (Å²) >= 11 is 0. The van der Waals surface area contributed by atoms with Crippen molar-refractivity contribution in [3.63, 3.8) is 0 Å². The van der Waals surface area contributed by atoms with Crippen molar-refractivity contribution in [2.75, 3.05) is 13.2 Å². The molecule has 6 nitrogen and oxygen atoms in total. The lowest BCUT2D eigenvalue weighted by molar-refractivity contribution is 0.340. The highest BCUT2D eigenvalue weighted by atomic mass is 16.5. The molecule has 0 unspecified atom stereocenters. The molecule has 0 N–H and O–H groups in total. The Kier molecular flexibility index (Phi) is 4.93. The average Bonchev–Trinajstić information content (AvgIpc) is 3.38. The number of aromatic nitrogens is 3. The van der Waals surface area contributed by atoms with Crippen LogP contribution in [0.25, 0.3) is 16.7 Å². The maximum Gasteiger partial charge on any atom is 0.254 e. The Bertz CT molecular complexity index is 1100. The Hall–Kier alpha value is -3.41. The van der Waals surface area contributed by atoms with Gasteiger partial charge >= 0.3 is 0 Å². The van der Waals surface area contributed by atoms with Gasteiger partial charge < -0.3 is 9.30 Å². The van der Waals surface area contributed by atoms with E-state index in [0.29, 0.717) is 18.9 Å². The lowest BCUT2D eigenvalue weighted by Crippen LogP contribution is -2.15. The van der Waals surface area contributed by atoms with Gasteiger partial charge in [0.25, 0.3) is 5.56 Å². The molecule has 28 heavy (non-hydrogen) atoms. The number of rotatable bonds is 6. The van der Waals surface area contributed by atoms with Crippen LogP contribution in [0.1, 0.15) is 18.1 Å². The summed E-state index contributed by atoms with van der Waals surface area (Å²) in [5, 5.41) is 4.48. The molecule has 4 rings (SSSR count). The Labute approximate surface area is 163 Å². The van der Waals surface area contributed by atoms with E-state index in [-0.39, 0.29) is 5.56 Å². The van der Waals surface area contributed by atoms with E-state index >= 15 is 0 Å². The van der Waals surface area contributed by atoms with Gasteiger partial charge in [-0.3, -0.25) is 14.5 Å². The second kappa shape index (κ2) is 7.68. The van der Waals surface area contributed by atoms with Crippen LogP contribution in [0.4, 0.5) is 0 Å². The van der Waals surface area contributed by atoms with Gasteiger partial charge in [0.1, 0.15) is 5.75 Å². The van der Waals surface area contributed by atoms with Crippen molar-refractivity contribution in [2.45, 2.75) is 13.5 Å². The monoisotopic (exact) mass is 374 g/mol. The van der Waals surface area contributed by atoms with E-state index in [2.05, 4.69) is 40.4 Å². The number of allylic oxidation sites excluding steroid dienone is 1. The van der Waals surface area contributed by atoms with E-state index in [1.54, 1.807) is 24.0 Å². The van der Waals surface area contributed by atoms with Crippen molar-refractivity contribution >= 4 is 11.8 Å². The zero-order chi connectivity index (χ0) is 19.5. The number of hydrogen-bond donors (Lipinski definition) is 0. The Morgan fingerprint density at radius 1 is 1.14 bits per heavy atom. The first-order chi connectivity index (χ1) is 13.6. The summed E-state index contributed by atoms with van der Waals surface area (Å²) in [6, 6.07) is 9.98. The van der Waals surface area contributed by atoms with Crippen LogP contribution in [0.2, 0.25) is 0 Å². The van der Waals surface area contributed by atoms with Crippen molar-refractivity contribution in [1.29, 1.82) is 0 Å². The van der Waals surface area contributed by atoms with Crippen LogP contribution in [0.5, 0.6) is 5.75 Å². The molecule has 0 radical (unpaired) electrons. The first kappa shape index (κ1) is 18.0. The molecule has 0 amide bonds. The maximum atomic E-state index is 11.9. The molecule has 1 aliphatic heterocycles. The van der Waals surface area contributed by atoms with Gasteiger partial charge in [-0.2, -0.15) is 5.10 Å². The fourth-order valence-electron chi connectivity index (χ4n) is 3.23. The third-order valence-corrected chi connectivity index (χ3v) is 4.71. The average molecular weight is 374 g/mol. The zero-order valence-corrected chi connectivity index (χ0v) is 16.0. The molecule has 1 aliphatic rings. The highest BCUT2D eigenvalue weighted by molar-refractivity contribution is 6.11. The number of benzene rings is 1. The van der Waals surface area contributed by atoms with Crippen LogP contribution in [0.3, 0.4) is 0 Å². The SMILES string of the molecule is CCOc1cc(=O)n(C)cc1-c1cnn(Cc2ccc(C3=CCN=C3)cc2)c1. The van der Waals surface area contributed by atoms with Crippen LogP contribution in [-0.2, 0) is 13.6 Å². The van der Waals surface area contributed by atoms with Crippen molar-refractivity contribution in [2.24, 2.45) is 12.0 Å². The van der Waals surface area contributed by atoms with Gasteiger partial charge in [-0.25, -0.2) is 0 Å². The molecule has 0 fully saturated rings. The molecule has 1 aromatic carbocycles. The van der Waals surface area contributed by atoms with E-state index in [4.69, 9.17) is 4.74 Å². The summed E-state index contributed by atoms with van der Waals surface area (Å²) in [6.45, 7) is 3.84. The quantitative estimate of drug-likeness (QED) is 0.666. The van der Waals surface area contributed by atoms with Crippen LogP contribution >= 0.6 is 0 Å². The number of aryl methyl sites for hydroxylation is 1. The molecule has 0 atom stereocenters. The Morgan fingerprint density at radius 2 is 1.96 bits per heavy atom. The molecule has 0 aliphatic carbocycles. The van der Waals surface area contributed by atoms with Crippen LogP contribution in [0.15, 0.2) is 64.8 Å². The summed E-state index contributed by atoms with van der Waals surface area (Å²) < 4.78 is 9.09. The van der Waals surface area contributed by atoms with Crippen molar-refractivity contribution in [3.8, 4) is 16.9 Å². The van der Waals surface area contributed by atoms with Gasteiger partial charge in [-0.1, -0.05) is 30.3 Å². The van der Waals surface area contributed by atoms with Gasteiger partial charge in [-0.15, -0.1) is 0 Å². The van der Waals surface area contributed by atoms with Crippen LogP contribution in [-0.4, -0.2) is 33.7 Å². The standard InChI is InChI=1S/C22H22N4O2/c1-3-28-21-10-22(27)25(2)15-20(21)19-12-24-26(14-19)13-16-4-6-17(7-5-16)18-8-9-23-11-18/h4-8,10-12,14-15H,3,9,13H2,1-2H3. The van der Waals surface area contributed by atoms with E-state index < -0.39 is 0 Å². The zero-order valence-electron chi connectivity index (χ0n) is 16.0. The summed E-state index contributed by atoms with van der Waals surface area (Å²) in [5.41, 5.74) is 5.20. The summed E-state index contributed by atoms with van der Waals surface area (Å²) in [7, 11) is 1.73. The fraction of sp³-hybridized carbons (Fsp3) is 0.227. The van der Waals surface area contributed by atoms with Crippen LogP contribution in [0, 0.1) is 0 Å². The molecular formula is C22H22N4O2. The minimum atomic E-state index is -0.0953. The highest BCUT2D eigenvalue weighted by Crippen LogP contribution is 2.28. The molecule has 6 heteroatoms. The van der Waals surface area contributed by atoms with Gasteiger partial charge in [0.2, 0.25) is 0 Å². The lowest BCUT2D eigenvalue weighted by atomic mass is 10.1. The minimum Gasteiger partial charge on any atom is -0.493 e. The number of pyridine rings is 1. The normalized spacial score (nSPS) is 13.0. The topological polar surface area (TPSA) is 61.4 Å². The summed E-state index contributed by atoms with van der Waals surface area (Å²) in [5.74, 6) is 0.584. The van der Waals surface area contributed by atoms with Crippen molar-refractivity contribution in [1.82, 2.24) is 14.3 Å². The molecule has 0 bridgehead atoms. The van der Waals surface area contributed by atoms with Gasteiger partial charge in [0, 0.05) is 42.8 Å². The first-order valence-electron chi connectivity index (χ1n) is 9.29. The van der Waals surface area contributed by atoms with E-state index in [1.807, 2.05) is 24.0 Å². The Morgan fingerprint density at radius 3 is 2.68 bits per heavy atom. The van der Waals surface area contributed by atoms with Crippen LogP contribution < -0.4 is 10.3 Å². The molecule has 2 aromatic heterocycles. The lowest BCUT2D eigenvalue weighted by Gasteiger charge is -2.10. The highest BCUT2D eigenvalue weighted by Gasteiger charge is 2.11. The number of nitrogens with zero attached hydrogens (tertiary/aromatic N) is 4. The van der Waals surface area contributed by atoms with Gasteiger partial charge in [0.05, 0.1) is 25.9 Å². The third-order valence-electron chi connectivity index (χ3n) is 4.71. The summed E-state index contributed by atoms with van der Waals surface area (Å²) in [4.78, 5) is 16.1. The molecule has 3 aromatic rings. The molecule has 142 valence electrons. The molecule has 0 saturated carbocycles. The van der Waals surface area contributed by atoms with Crippen molar-refractivity contribution < 1.29 is 4.74 Å². The van der Waals surface area contributed by atoms with E-state index in [1.165, 1.54) is 22.8 Å². The number of ether oxygens (including phenoxy) is 1. The minimum absolute atomic E-state index is 0.0953.